The molecule has 0 aliphatic carbocycles. The van der Waals surface area contributed by atoms with Crippen LogP contribution in [0.3, 0.4) is 0 Å². The van der Waals surface area contributed by atoms with Crippen LogP contribution in [0.25, 0.3) is 0 Å². The first-order valence-corrected chi connectivity index (χ1v) is 5.32. The molecule has 1 rings (SSSR count). The Labute approximate surface area is 94.3 Å². The van der Waals surface area contributed by atoms with Crippen LogP contribution < -0.4 is 0 Å². The Morgan fingerprint density at radius 2 is 1.87 bits per heavy atom. The van der Waals surface area contributed by atoms with Crippen LogP contribution in [-0.4, -0.2) is 5.38 Å². The number of halogens is 3. The van der Waals surface area contributed by atoms with Crippen molar-refractivity contribution in [2.24, 2.45) is 5.41 Å². The molecule has 1 atom stereocenters. The van der Waals surface area contributed by atoms with Crippen LogP contribution in [0.5, 0.6) is 0 Å². The van der Waals surface area contributed by atoms with Gasteiger partial charge in [0.1, 0.15) is 11.6 Å². The van der Waals surface area contributed by atoms with Crippen molar-refractivity contribution in [1.82, 2.24) is 0 Å². The number of benzene rings is 1. The maximum absolute atomic E-state index is 13.3. The van der Waals surface area contributed by atoms with E-state index in [0.717, 1.165) is 6.07 Å². The van der Waals surface area contributed by atoms with Gasteiger partial charge in [0.2, 0.25) is 0 Å². The van der Waals surface area contributed by atoms with Crippen molar-refractivity contribution in [3.63, 3.8) is 0 Å². The van der Waals surface area contributed by atoms with Gasteiger partial charge in [-0.3, -0.25) is 0 Å². The van der Waals surface area contributed by atoms with E-state index in [2.05, 4.69) is 0 Å². The molecular weight excluding hydrogens is 218 g/mol. The predicted octanol–water partition coefficient (Wildman–Crippen LogP) is 4.16. The van der Waals surface area contributed by atoms with E-state index in [1.54, 1.807) is 0 Å². The van der Waals surface area contributed by atoms with Gasteiger partial charge in [0.25, 0.3) is 0 Å². The normalized spacial score (nSPS) is 14.0. The number of rotatable bonds is 2. The van der Waals surface area contributed by atoms with Gasteiger partial charge in [-0.1, -0.05) is 26.8 Å². The summed E-state index contributed by atoms with van der Waals surface area (Å²) in [4.78, 5) is 0. The Bertz CT molecular complexity index is 342. The summed E-state index contributed by atoms with van der Waals surface area (Å²) in [6.45, 7) is 5.98. The highest BCUT2D eigenvalue weighted by Crippen LogP contribution is 2.28. The molecule has 3 heteroatoms. The van der Waals surface area contributed by atoms with Crippen LogP contribution in [0, 0.1) is 17.0 Å². The smallest absolute Gasteiger partial charge is 0.129 e. The van der Waals surface area contributed by atoms with Gasteiger partial charge >= 0.3 is 0 Å². The van der Waals surface area contributed by atoms with Crippen molar-refractivity contribution < 1.29 is 8.78 Å². The summed E-state index contributed by atoms with van der Waals surface area (Å²) in [6, 6.07) is 3.60. The van der Waals surface area contributed by atoms with E-state index in [-0.39, 0.29) is 10.8 Å². The van der Waals surface area contributed by atoms with Crippen LogP contribution >= 0.6 is 11.6 Å². The van der Waals surface area contributed by atoms with Gasteiger partial charge in [0, 0.05) is 11.4 Å². The van der Waals surface area contributed by atoms with Crippen LogP contribution in [0.15, 0.2) is 18.2 Å². The average Bonchev–Trinajstić information content (AvgIpc) is 2.08. The Kier molecular flexibility index (Phi) is 3.72. The summed E-state index contributed by atoms with van der Waals surface area (Å²) in [5.41, 5.74) is 0.369. The average molecular weight is 233 g/mol. The molecule has 0 bridgehead atoms. The molecule has 0 fully saturated rings. The fourth-order valence-electron chi connectivity index (χ4n) is 1.19. The van der Waals surface area contributed by atoms with Crippen LogP contribution in [0.1, 0.15) is 26.3 Å². The second kappa shape index (κ2) is 4.48. The third kappa shape index (κ3) is 3.45. The van der Waals surface area contributed by atoms with Crippen LogP contribution in [-0.2, 0) is 6.42 Å². The Morgan fingerprint density at radius 3 is 2.33 bits per heavy atom. The SMILES string of the molecule is CC(C)(C)C(Cl)Cc1ccc(F)cc1F. The Hall–Kier alpha value is -0.630. The number of hydrogen-bond acceptors (Lipinski definition) is 0. The predicted molar refractivity (Wildman–Crippen MR) is 59.2 cm³/mol. The van der Waals surface area contributed by atoms with Crippen LogP contribution in [0.2, 0.25) is 0 Å². The third-order valence-corrected chi connectivity index (χ3v) is 3.16. The molecule has 0 aliphatic rings. The quantitative estimate of drug-likeness (QED) is 0.672. The molecule has 84 valence electrons. The number of hydrogen-bond donors (Lipinski definition) is 0. The molecule has 0 amide bonds. The second-order valence-electron chi connectivity index (χ2n) is 4.77. The van der Waals surface area contributed by atoms with Gasteiger partial charge in [0.15, 0.2) is 0 Å². The summed E-state index contributed by atoms with van der Waals surface area (Å²) in [7, 11) is 0. The second-order valence-corrected chi connectivity index (χ2v) is 5.30. The topological polar surface area (TPSA) is 0 Å². The lowest BCUT2D eigenvalue weighted by molar-refractivity contribution is 0.383. The zero-order valence-electron chi connectivity index (χ0n) is 9.15. The molecule has 0 aromatic heterocycles. The van der Waals surface area contributed by atoms with Crippen molar-refractivity contribution >= 4 is 11.6 Å². The van der Waals surface area contributed by atoms with Gasteiger partial charge in [-0.2, -0.15) is 0 Å². The van der Waals surface area contributed by atoms with Gasteiger partial charge in [-0.15, -0.1) is 11.6 Å². The van der Waals surface area contributed by atoms with Gasteiger partial charge in [0.05, 0.1) is 0 Å². The first-order chi connectivity index (χ1) is 6.80. The lowest BCUT2D eigenvalue weighted by Crippen LogP contribution is -2.23. The zero-order chi connectivity index (χ0) is 11.6. The zero-order valence-corrected chi connectivity index (χ0v) is 9.91. The molecule has 0 radical (unpaired) electrons. The maximum atomic E-state index is 13.3. The fraction of sp³-hybridized carbons (Fsp3) is 0.500. The van der Waals surface area contributed by atoms with Gasteiger partial charge in [-0.05, 0) is 23.5 Å². The first kappa shape index (κ1) is 12.4. The van der Waals surface area contributed by atoms with Crippen LogP contribution in [0.4, 0.5) is 8.78 Å². The summed E-state index contributed by atoms with van der Waals surface area (Å²) in [6.07, 6.45) is 0.414. The largest absolute Gasteiger partial charge is 0.207 e. The highest BCUT2D eigenvalue weighted by Gasteiger charge is 2.23. The van der Waals surface area contributed by atoms with E-state index < -0.39 is 11.6 Å². The summed E-state index contributed by atoms with van der Waals surface area (Å²) in [5, 5.41) is -0.169. The number of alkyl halides is 1. The molecule has 0 aliphatic heterocycles. The van der Waals surface area contributed by atoms with Crippen molar-refractivity contribution in [1.29, 1.82) is 0 Å². The molecular formula is C12H15ClF2. The first-order valence-electron chi connectivity index (χ1n) is 4.88. The maximum Gasteiger partial charge on any atom is 0.129 e. The molecule has 1 aromatic carbocycles. The minimum Gasteiger partial charge on any atom is -0.207 e. The molecule has 0 heterocycles. The summed E-state index contributed by atoms with van der Waals surface area (Å²) in [5.74, 6) is -1.08. The molecule has 0 spiro atoms. The van der Waals surface area contributed by atoms with Gasteiger partial charge < -0.3 is 0 Å². The third-order valence-electron chi connectivity index (χ3n) is 2.35. The monoisotopic (exact) mass is 232 g/mol. The molecule has 1 unspecified atom stereocenters. The van der Waals surface area contributed by atoms with E-state index in [4.69, 9.17) is 11.6 Å². The lowest BCUT2D eigenvalue weighted by Gasteiger charge is -2.25. The molecule has 0 N–H and O–H groups in total. The van der Waals surface area contributed by atoms with E-state index in [1.807, 2.05) is 20.8 Å². The minimum atomic E-state index is -0.557. The van der Waals surface area contributed by atoms with Gasteiger partial charge in [-0.25, -0.2) is 8.78 Å². The van der Waals surface area contributed by atoms with E-state index in [0.29, 0.717) is 12.0 Å². The molecule has 15 heavy (non-hydrogen) atoms. The summed E-state index contributed by atoms with van der Waals surface area (Å²) >= 11 is 6.14. The highest BCUT2D eigenvalue weighted by atomic mass is 35.5. The molecule has 0 saturated carbocycles. The van der Waals surface area contributed by atoms with E-state index in [1.165, 1.54) is 12.1 Å². The van der Waals surface area contributed by atoms with Crippen molar-refractivity contribution in [3.8, 4) is 0 Å². The fourth-order valence-corrected chi connectivity index (χ4v) is 1.35. The molecule has 0 saturated heterocycles. The summed E-state index contributed by atoms with van der Waals surface area (Å²) < 4.78 is 25.9. The van der Waals surface area contributed by atoms with E-state index >= 15 is 0 Å². The minimum absolute atomic E-state index is 0.0949. The van der Waals surface area contributed by atoms with E-state index in [9.17, 15) is 8.78 Å². The van der Waals surface area contributed by atoms with Crippen molar-refractivity contribution in [2.45, 2.75) is 32.6 Å². The molecule has 1 aromatic rings. The Balaban J connectivity index is 2.82. The lowest BCUT2D eigenvalue weighted by atomic mass is 9.88. The van der Waals surface area contributed by atoms with Crippen molar-refractivity contribution in [2.75, 3.05) is 0 Å². The van der Waals surface area contributed by atoms with Crippen molar-refractivity contribution in [3.05, 3.63) is 35.4 Å². The Morgan fingerprint density at radius 1 is 1.27 bits per heavy atom. The molecule has 0 nitrogen and oxygen atoms in total. The standard InChI is InChI=1S/C12H15ClF2/c1-12(2,3)11(13)6-8-4-5-9(14)7-10(8)15/h4-5,7,11H,6H2,1-3H3. The highest BCUT2D eigenvalue weighted by molar-refractivity contribution is 6.21.